The Labute approximate surface area is 213 Å². The van der Waals surface area contributed by atoms with Crippen LogP contribution in [-0.2, 0) is 15.7 Å². The first-order valence-corrected chi connectivity index (χ1v) is 12.3. The van der Waals surface area contributed by atoms with Crippen molar-refractivity contribution in [3.05, 3.63) is 41.5 Å². The number of allylic oxidation sites excluding steroid dienone is 1. The first-order valence-electron chi connectivity index (χ1n) is 12.3. The summed E-state index contributed by atoms with van der Waals surface area (Å²) in [5.74, 6) is 0.618. The zero-order valence-corrected chi connectivity index (χ0v) is 22.7. The van der Waals surface area contributed by atoms with Crippen LogP contribution in [0.25, 0.3) is 5.57 Å². The monoisotopic (exact) mass is 507 g/mol. The van der Waals surface area contributed by atoms with E-state index in [9.17, 15) is 18.0 Å². The van der Waals surface area contributed by atoms with Gasteiger partial charge in [-0.25, -0.2) is 4.99 Å². The molecule has 200 valence electrons. The van der Waals surface area contributed by atoms with Gasteiger partial charge < -0.3 is 10.5 Å². The Bertz CT molecular complexity index is 1030. The standard InChI is InChI=1S/C28H40F3N3O2/c1-9-18-14-22(32)34-23(15-21(18)19-10-12-20(13-11-19)28(29,30)31)33-17-26(5,6)16-27(7,8)24(35)36-25(2,3)4/h10-13,15,18H,9,14,16-17H2,1-8H3,(H2,32,33,34). The summed E-state index contributed by atoms with van der Waals surface area (Å²) in [5, 5.41) is 0. The second-order valence-corrected chi connectivity index (χ2v) is 12.0. The van der Waals surface area contributed by atoms with Crippen LogP contribution >= 0.6 is 0 Å². The van der Waals surface area contributed by atoms with Crippen molar-refractivity contribution >= 4 is 23.2 Å². The van der Waals surface area contributed by atoms with Crippen LogP contribution in [-0.4, -0.2) is 29.8 Å². The highest BCUT2D eigenvalue weighted by Gasteiger charge is 2.38. The summed E-state index contributed by atoms with van der Waals surface area (Å²) in [4.78, 5) is 21.9. The molecule has 1 atom stereocenters. The maximum Gasteiger partial charge on any atom is 0.416 e. The number of carbonyl (C=O) groups is 1. The number of rotatable bonds is 7. The van der Waals surface area contributed by atoms with E-state index in [0.717, 1.165) is 24.1 Å². The number of benzene rings is 1. The van der Waals surface area contributed by atoms with Crippen LogP contribution in [0.15, 0.2) is 40.3 Å². The topological polar surface area (TPSA) is 77.0 Å². The number of halogens is 3. The van der Waals surface area contributed by atoms with E-state index in [0.29, 0.717) is 36.6 Å². The maximum atomic E-state index is 13.0. The molecule has 1 unspecified atom stereocenters. The van der Waals surface area contributed by atoms with Crippen molar-refractivity contribution in [1.29, 1.82) is 0 Å². The number of nitrogens with zero attached hydrogens (tertiary/aromatic N) is 2. The molecule has 0 aromatic heterocycles. The molecule has 2 N–H and O–H groups in total. The number of hydrogen-bond donors (Lipinski definition) is 1. The van der Waals surface area contributed by atoms with Crippen molar-refractivity contribution in [2.24, 2.45) is 32.5 Å². The molecule has 36 heavy (non-hydrogen) atoms. The molecule has 1 heterocycles. The van der Waals surface area contributed by atoms with Gasteiger partial charge in [0, 0.05) is 13.0 Å². The number of ether oxygens (including phenoxy) is 1. The highest BCUT2D eigenvalue weighted by molar-refractivity contribution is 6.08. The lowest BCUT2D eigenvalue weighted by molar-refractivity contribution is -0.167. The van der Waals surface area contributed by atoms with E-state index < -0.39 is 22.8 Å². The zero-order chi connectivity index (χ0) is 27.5. The molecular formula is C28H40F3N3O2. The van der Waals surface area contributed by atoms with Gasteiger partial charge in [-0.05, 0) is 88.1 Å². The smallest absolute Gasteiger partial charge is 0.416 e. The summed E-state index contributed by atoms with van der Waals surface area (Å²) in [6.07, 6.45) is -0.771. The highest BCUT2D eigenvalue weighted by Crippen LogP contribution is 2.37. The molecule has 1 aromatic carbocycles. The zero-order valence-electron chi connectivity index (χ0n) is 22.7. The van der Waals surface area contributed by atoms with Crippen molar-refractivity contribution in [3.8, 4) is 0 Å². The van der Waals surface area contributed by atoms with Crippen LogP contribution in [0.3, 0.4) is 0 Å². The summed E-state index contributed by atoms with van der Waals surface area (Å²) in [5.41, 5.74) is 5.41. The predicted molar refractivity (Wildman–Crippen MR) is 140 cm³/mol. The Hall–Kier alpha value is -2.64. The van der Waals surface area contributed by atoms with E-state index in [1.54, 1.807) is 0 Å². The SMILES string of the molecule is CCC1CC(N)=NC(=NCC(C)(C)CC(C)(C)C(=O)OC(C)(C)C)C=C1c1ccc(C(F)(F)F)cc1. The molecule has 2 rings (SSSR count). The molecule has 8 heteroatoms. The molecule has 1 aromatic rings. The van der Waals surface area contributed by atoms with Crippen LogP contribution in [0.1, 0.15) is 85.8 Å². The van der Waals surface area contributed by atoms with Gasteiger partial charge in [-0.1, -0.05) is 32.9 Å². The minimum absolute atomic E-state index is 0.0114. The van der Waals surface area contributed by atoms with Gasteiger partial charge in [0.2, 0.25) is 0 Å². The molecule has 0 fully saturated rings. The van der Waals surface area contributed by atoms with Gasteiger partial charge in [0.1, 0.15) is 17.3 Å². The van der Waals surface area contributed by atoms with Crippen LogP contribution in [0.2, 0.25) is 0 Å². The van der Waals surface area contributed by atoms with Crippen LogP contribution in [0.5, 0.6) is 0 Å². The second kappa shape index (κ2) is 10.8. The Balaban J connectivity index is 2.33. The minimum atomic E-state index is -4.39. The molecule has 0 aliphatic carbocycles. The van der Waals surface area contributed by atoms with Gasteiger partial charge in [0.25, 0.3) is 0 Å². The third-order valence-electron chi connectivity index (χ3n) is 6.02. The Morgan fingerprint density at radius 3 is 2.17 bits per heavy atom. The summed E-state index contributed by atoms with van der Waals surface area (Å²) in [7, 11) is 0. The number of nitrogens with two attached hydrogens (primary N) is 1. The van der Waals surface area contributed by atoms with Gasteiger partial charge in [-0.3, -0.25) is 9.79 Å². The summed E-state index contributed by atoms with van der Waals surface area (Å²) < 4.78 is 44.7. The quantitative estimate of drug-likeness (QED) is 0.401. The molecule has 0 saturated carbocycles. The first-order chi connectivity index (χ1) is 16.3. The van der Waals surface area contributed by atoms with E-state index in [4.69, 9.17) is 15.5 Å². The molecule has 0 saturated heterocycles. The number of carbonyl (C=O) groups excluding carboxylic acids is 1. The highest BCUT2D eigenvalue weighted by atomic mass is 19.4. The molecule has 1 aliphatic heterocycles. The third-order valence-corrected chi connectivity index (χ3v) is 6.02. The average molecular weight is 508 g/mol. The second-order valence-electron chi connectivity index (χ2n) is 12.0. The average Bonchev–Trinajstić information content (AvgIpc) is 2.88. The van der Waals surface area contributed by atoms with Crippen molar-refractivity contribution in [1.82, 2.24) is 0 Å². The van der Waals surface area contributed by atoms with E-state index >= 15 is 0 Å². The fourth-order valence-electron chi connectivity index (χ4n) is 4.50. The fourth-order valence-corrected chi connectivity index (χ4v) is 4.50. The van der Waals surface area contributed by atoms with Crippen molar-refractivity contribution in [2.75, 3.05) is 6.54 Å². The molecule has 1 aliphatic rings. The van der Waals surface area contributed by atoms with E-state index in [2.05, 4.69) is 4.99 Å². The maximum absolute atomic E-state index is 13.0. The van der Waals surface area contributed by atoms with Gasteiger partial charge in [0.15, 0.2) is 0 Å². The van der Waals surface area contributed by atoms with Crippen molar-refractivity contribution in [3.63, 3.8) is 0 Å². The largest absolute Gasteiger partial charge is 0.460 e. The lowest BCUT2D eigenvalue weighted by Gasteiger charge is -2.34. The number of alkyl halides is 3. The molecular weight excluding hydrogens is 467 g/mol. The van der Waals surface area contributed by atoms with Crippen molar-refractivity contribution in [2.45, 2.75) is 86.4 Å². The number of esters is 1. The summed E-state index contributed by atoms with van der Waals surface area (Å²) >= 11 is 0. The van der Waals surface area contributed by atoms with Crippen molar-refractivity contribution < 1.29 is 22.7 Å². The minimum Gasteiger partial charge on any atom is -0.460 e. The van der Waals surface area contributed by atoms with Crippen LogP contribution in [0, 0.1) is 16.7 Å². The van der Waals surface area contributed by atoms with E-state index in [1.807, 2.05) is 61.5 Å². The molecule has 0 spiro atoms. The lowest BCUT2D eigenvalue weighted by atomic mass is 9.75. The number of aliphatic imine (C=N–C) groups is 2. The van der Waals surface area contributed by atoms with Crippen LogP contribution < -0.4 is 5.73 Å². The Kier molecular flexibility index (Phi) is 8.85. The predicted octanol–water partition coefficient (Wildman–Crippen LogP) is 7.06. The molecule has 0 radical (unpaired) electrons. The third kappa shape index (κ3) is 8.49. The first kappa shape index (κ1) is 29.6. The fraction of sp³-hybridized carbons (Fsp3) is 0.607. The van der Waals surface area contributed by atoms with Gasteiger partial charge in [0.05, 0.1) is 11.0 Å². The molecule has 0 bridgehead atoms. The molecule has 0 amide bonds. The van der Waals surface area contributed by atoms with Gasteiger partial charge in [-0.2, -0.15) is 13.2 Å². The Morgan fingerprint density at radius 2 is 1.67 bits per heavy atom. The van der Waals surface area contributed by atoms with E-state index in [1.165, 1.54) is 12.1 Å². The molecule has 5 nitrogen and oxygen atoms in total. The van der Waals surface area contributed by atoms with Gasteiger partial charge >= 0.3 is 12.1 Å². The lowest BCUT2D eigenvalue weighted by Crippen LogP contribution is -2.37. The Morgan fingerprint density at radius 1 is 1.08 bits per heavy atom. The normalized spacial score (nSPS) is 19.0. The van der Waals surface area contributed by atoms with Gasteiger partial charge in [-0.15, -0.1) is 0 Å². The number of amidine groups is 2. The summed E-state index contributed by atoms with van der Waals surface area (Å²) in [6, 6.07) is 5.17. The summed E-state index contributed by atoms with van der Waals surface area (Å²) in [6.45, 7) is 15.7. The number of hydrogen-bond acceptors (Lipinski definition) is 4. The van der Waals surface area contributed by atoms with E-state index in [-0.39, 0.29) is 17.3 Å². The van der Waals surface area contributed by atoms with Crippen LogP contribution in [0.4, 0.5) is 13.2 Å².